The molecule has 0 heterocycles. The average Bonchev–Trinajstić information content (AvgIpc) is 2.44. The molecule has 0 aliphatic heterocycles. The van der Waals surface area contributed by atoms with Crippen LogP contribution in [0, 0.1) is 5.41 Å². The zero-order chi connectivity index (χ0) is 15.0. The van der Waals surface area contributed by atoms with E-state index >= 15 is 0 Å². The van der Waals surface area contributed by atoms with E-state index in [9.17, 15) is 14.7 Å². The topological polar surface area (TPSA) is 72.8 Å². The second kappa shape index (κ2) is 7.65. The summed E-state index contributed by atoms with van der Waals surface area (Å²) in [5.41, 5.74) is -0.827. The number of benzene rings is 1. The van der Waals surface area contributed by atoms with Crippen LogP contribution in [0.2, 0.25) is 0 Å². The summed E-state index contributed by atoms with van der Waals surface area (Å²) >= 11 is 0. The quantitative estimate of drug-likeness (QED) is 0.581. The van der Waals surface area contributed by atoms with Gasteiger partial charge in [0.1, 0.15) is 0 Å². The van der Waals surface area contributed by atoms with Crippen molar-refractivity contribution < 1.29 is 24.2 Å². The van der Waals surface area contributed by atoms with Gasteiger partial charge in [-0.3, -0.25) is 9.59 Å². The molecule has 0 aliphatic rings. The van der Waals surface area contributed by atoms with Crippen molar-refractivity contribution in [2.75, 3.05) is 20.3 Å². The summed E-state index contributed by atoms with van der Waals surface area (Å²) < 4.78 is 9.91. The minimum Gasteiger partial charge on any atom is -0.480 e. The van der Waals surface area contributed by atoms with E-state index in [1.54, 1.807) is 19.1 Å². The Hall–Kier alpha value is -1.88. The molecule has 0 aromatic heterocycles. The fourth-order valence-corrected chi connectivity index (χ4v) is 2.02. The summed E-state index contributed by atoms with van der Waals surface area (Å²) in [6.45, 7) is 1.98. The number of esters is 1. The van der Waals surface area contributed by atoms with E-state index in [0.717, 1.165) is 5.56 Å². The molecule has 0 radical (unpaired) electrons. The van der Waals surface area contributed by atoms with Crippen molar-refractivity contribution in [1.82, 2.24) is 0 Å². The Bertz CT molecular complexity index is 443. The SMILES string of the molecule is CCOC(=O)C(CCOC)(Cc1ccccc1)C(=O)O. The highest BCUT2D eigenvalue weighted by Crippen LogP contribution is 2.30. The van der Waals surface area contributed by atoms with Crippen LogP contribution in [0.3, 0.4) is 0 Å². The van der Waals surface area contributed by atoms with Gasteiger partial charge >= 0.3 is 11.9 Å². The molecule has 0 spiro atoms. The third-order valence-corrected chi connectivity index (χ3v) is 3.16. The molecular formula is C15H20O5. The molecule has 1 N–H and O–H groups in total. The van der Waals surface area contributed by atoms with Gasteiger partial charge in [0.25, 0.3) is 0 Å². The summed E-state index contributed by atoms with van der Waals surface area (Å²) in [7, 11) is 1.47. The number of hydrogen-bond donors (Lipinski definition) is 1. The van der Waals surface area contributed by atoms with Crippen molar-refractivity contribution in [3.8, 4) is 0 Å². The third-order valence-electron chi connectivity index (χ3n) is 3.16. The number of aliphatic carboxylic acids is 1. The van der Waals surface area contributed by atoms with E-state index < -0.39 is 17.4 Å². The molecule has 1 unspecified atom stereocenters. The van der Waals surface area contributed by atoms with E-state index in [0.29, 0.717) is 0 Å². The van der Waals surface area contributed by atoms with Crippen LogP contribution in [-0.2, 0) is 25.5 Å². The monoisotopic (exact) mass is 280 g/mol. The zero-order valence-corrected chi connectivity index (χ0v) is 11.8. The van der Waals surface area contributed by atoms with E-state index in [1.165, 1.54) is 7.11 Å². The van der Waals surface area contributed by atoms with Crippen LogP contribution in [0.5, 0.6) is 0 Å². The average molecular weight is 280 g/mol. The Kier molecular flexibility index (Phi) is 6.18. The largest absolute Gasteiger partial charge is 0.480 e. The Labute approximate surface area is 118 Å². The van der Waals surface area contributed by atoms with Gasteiger partial charge < -0.3 is 14.6 Å². The van der Waals surface area contributed by atoms with Crippen LogP contribution in [-0.4, -0.2) is 37.4 Å². The molecule has 0 aliphatic carbocycles. The summed E-state index contributed by atoms with van der Waals surface area (Å²) in [5, 5.41) is 9.55. The van der Waals surface area contributed by atoms with Crippen LogP contribution < -0.4 is 0 Å². The molecule has 0 fully saturated rings. The smallest absolute Gasteiger partial charge is 0.323 e. The molecule has 20 heavy (non-hydrogen) atoms. The van der Waals surface area contributed by atoms with Crippen molar-refractivity contribution in [3.05, 3.63) is 35.9 Å². The fraction of sp³-hybridized carbons (Fsp3) is 0.467. The van der Waals surface area contributed by atoms with E-state index in [-0.39, 0.29) is 26.1 Å². The highest BCUT2D eigenvalue weighted by Gasteiger charge is 2.47. The normalized spacial score (nSPS) is 13.5. The first kappa shape index (κ1) is 16.2. The molecule has 5 nitrogen and oxygen atoms in total. The van der Waals surface area contributed by atoms with Gasteiger partial charge in [-0.05, 0) is 25.3 Å². The lowest BCUT2D eigenvalue weighted by Crippen LogP contribution is -2.43. The number of ether oxygens (including phenoxy) is 2. The molecule has 1 rings (SSSR count). The highest BCUT2D eigenvalue weighted by atomic mass is 16.5. The van der Waals surface area contributed by atoms with E-state index in [2.05, 4.69) is 0 Å². The van der Waals surface area contributed by atoms with Crippen LogP contribution in [0.1, 0.15) is 18.9 Å². The fourth-order valence-electron chi connectivity index (χ4n) is 2.02. The number of carbonyl (C=O) groups excluding carboxylic acids is 1. The van der Waals surface area contributed by atoms with Crippen molar-refractivity contribution >= 4 is 11.9 Å². The molecule has 1 aromatic carbocycles. The Morgan fingerprint density at radius 1 is 1.25 bits per heavy atom. The lowest BCUT2D eigenvalue weighted by atomic mass is 9.78. The van der Waals surface area contributed by atoms with Crippen LogP contribution in [0.25, 0.3) is 0 Å². The number of carboxylic acids is 1. The first-order chi connectivity index (χ1) is 9.56. The van der Waals surface area contributed by atoms with E-state index in [4.69, 9.17) is 9.47 Å². The number of carbonyl (C=O) groups is 2. The van der Waals surface area contributed by atoms with Gasteiger partial charge in [-0.1, -0.05) is 30.3 Å². The first-order valence-electron chi connectivity index (χ1n) is 6.50. The molecule has 5 heteroatoms. The van der Waals surface area contributed by atoms with Gasteiger partial charge in [-0.15, -0.1) is 0 Å². The van der Waals surface area contributed by atoms with Crippen molar-refractivity contribution in [2.24, 2.45) is 5.41 Å². The molecular weight excluding hydrogens is 260 g/mol. The minimum absolute atomic E-state index is 0.0760. The number of methoxy groups -OCH3 is 1. The second-order valence-corrected chi connectivity index (χ2v) is 4.51. The van der Waals surface area contributed by atoms with Crippen LogP contribution >= 0.6 is 0 Å². The molecule has 110 valence electrons. The maximum absolute atomic E-state index is 12.2. The molecule has 0 saturated carbocycles. The molecule has 0 saturated heterocycles. The summed E-state index contributed by atoms with van der Waals surface area (Å²) in [6, 6.07) is 9.05. The van der Waals surface area contributed by atoms with Gasteiger partial charge in [0.15, 0.2) is 5.41 Å². The van der Waals surface area contributed by atoms with Gasteiger partial charge in [0.2, 0.25) is 0 Å². The van der Waals surface area contributed by atoms with E-state index in [1.807, 2.05) is 18.2 Å². The number of rotatable bonds is 8. The van der Waals surface area contributed by atoms with Gasteiger partial charge in [-0.2, -0.15) is 0 Å². The molecule has 1 atom stereocenters. The minimum atomic E-state index is -1.60. The number of hydrogen-bond acceptors (Lipinski definition) is 4. The van der Waals surface area contributed by atoms with Gasteiger partial charge in [-0.25, -0.2) is 0 Å². The second-order valence-electron chi connectivity index (χ2n) is 4.51. The lowest BCUT2D eigenvalue weighted by molar-refractivity contribution is -0.170. The van der Waals surface area contributed by atoms with Crippen molar-refractivity contribution in [1.29, 1.82) is 0 Å². The predicted molar refractivity (Wildman–Crippen MR) is 73.3 cm³/mol. The predicted octanol–water partition coefficient (Wildman–Crippen LogP) is 1.90. The first-order valence-corrected chi connectivity index (χ1v) is 6.50. The third kappa shape index (κ3) is 3.81. The van der Waals surface area contributed by atoms with Crippen molar-refractivity contribution in [2.45, 2.75) is 19.8 Å². The summed E-state index contributed by atoms with van der Waals surface area (Å²) in [5.74, 6) is -1.90. The Morgan fingerprint density at radius 3 is 2.40 bits per heavy atom. The highest BCUT2D eigenvalue weighted by molar-refractivity contribution is 5.99. The maximum Gasteiger partial charge on any atom is 0.323 e. The Balaban J connectivity index is 3.08. The standard InChI is InChI=1S/C15H20O5/c1-3-20-14(18)15(13(16)17,9-10-19-2)11-12-7-5-4-6-8-12/h4-8H,3,9-11H2,1-2H3,(H,16,17). The Morgan fingerprint density at radius 2 is 1.90 bits per heavy atom. The number of carboxylic acid groups (broad SMARTS) is 1. The van der Waals surface area contributed by atoms with Gasteiger partial charge in [0, 0.05) is 13.7 Å². The summed E-state index contributed by atoms with van der Waals surface area (Å²) in [6.07, 6.45) is 0.165. The molecule has 0 amide bonds. The van der Waals surface area contributed by atoms with Crippen molar-refractivity contribution in [3.63, 3.8) is 0 Å². The molecule has 0 bridgehead atoms. The van der Waals surface area contributed by atoms with Crippen LogP contribution in [0.4, 0.5) is 0 Å². The van der Waals surface area contributed by atoms with Gasteiger partial charge in [0.05, 0.1) is 6.61 Å². The van der Waals surface area contributed by atoms with Crippen LogP contribution in [0.15, 0.2) is 30.3 Å². The lowest BCUT2D eigenvalue weighted by Gasteiger charge is -2.27. The summed E-state index contributed by atoms with van der Waals surface area (Å²) in [4.78, 5) is 23.8. The maximum atomic E-state index is 12.2. The zero-order valence-electron chi connectivity index (χ0n) is 11.8. The molecule has 1 aromatic rings.